The SMILES string of the molecule is Cc1ccccc1C(=O)c1sc2cc(O)ccc2c1-c1ccc(OCCN2CCC2)cc1. The van der Waals surface area contributed by atoms with E-state index in [4.69, 9.17) is 4.74 Å². The number of hydrogen-bond acceptors (Lipinski definition) is 5. The van der Waals surface area contributed by atoms with E-state index in [1.54, 1.807) is 12.1 Å². The number of phenolic OH excluding ortho intramolecular Hbond substituents is 1. The van der Waals surface area contributed by atoms with E-state index >= 15 is 0 Å². The van der Waals surface area contributed by atoms with Crippen LogP contribution in [0.1, 0.15) is 27.2 Å². The maximum atomic E-state index is 13.5. The van der Waals surface area contributed by atoms with E-state index in [1.165, 1.54) is 30.8 Å². The molecule has 4 nitrogen and oxygen atoms in total. The molecule has 1 N–H and O–H groups in total. The van der Waals surface area contributed by atoms with Crippen LogP contribution in [0.4, 0.5) is 0 Å². The first-order valence-electron chi connectivity index (χ1n) is 10.9. The quantitative estimate of drug-likeness (QED) is 0.362. The second-order valence-corrected chi connectivity index (χ2v) is 9.25. The minimum Gasteiger partial charge on any atom is -0.508 e. The fraction of sp³-hybridized carbons (Fsp3) is 0.222. The number of rotatable bonds is 7. The van der Waals surface area contributed by atoms with E-state index in [9.17, 15) is 9.90 Å². The third-order valence-corrected chi connectivity index (χ3v) is 7.19. The van der Waals surface area contributed by atoms with Crippen molar-refractivity contribution in [2.24, 2.45) is 0 Å². The van der Waals surface area contributed by atoms with Gasteiger partial charge in [0.25, 0.3) is 0 Å². The van der Waals surface area contributed by atoms with Gasteiger partial charge < -0.3 is 9.84 Å². The van der Waals surface area contributed by atoms with Crippen molar-refractivity contribution in [1.29, 1.82) is 0 Å². The van der Waals surface area contributed by atoms with Crippen LogP contribution in [0, 0.1) is 6.92 Å². The van der Waals surface area contributed by atoms with Gasteiger partial charge in [-0.1, -0.05) is 36.4 Å². The highest BCUT2D eigenvalue weighted by molar-refractivity contribution is 7.21. The minimum absolute atomic E-state index is 0.00802. The lowest BCUT2D eigenvalue weighted by atomic mass is 9.96. The first kappa shape index (κ1) is 20.7. The standard InChI is InChI=1S/C27H25NO3S/c1-18-5-2-3-6-22(18)26(30)27-25(23-12-9-20(29)17-24(23)32-27)19-7-10-21(11-8-19)31-16-15-28-13-4-14-28/h2-3,5-12,17,29H,4,13-16H2,1H3. The van der Waals surface area contributed by atoms with Gasteiger partial charge in [-0.2, -0.15) is 0 Å². The first-order valence-corrected chi connectivity index (χ1v) is 11.7. The van der Waals surface area contributed by atoms with Crippen LogP contribution in [-0.2, 0) is 0 Å². The molecule has 162 valence electrons. The number of likely N-dealkylation sites (tertiary alicyclic amines) is 1. The Bertz CT molecular complexity index is 1270. The zero-order valence-corrected chi connectivity index (χ0v) is 18.8. The summed E-state index contributed by atoms with van der Waals surface area (Å²) >= 11 is 1.43. The molecule has 0 aliphatic carbocycles. The summed E-state index contributed by atoms with van der Waals surface area (Å²) in [6, 6.07) is 20.9. The molecular weight excluding hydrogens is 418 g/mol. The van der Waals surface area contributed by atoms with Crippen molar-refractivity contribution in [1.82, 2.24) is 4.90 Å². The third-order valence-electron chi connectivity index (χ3n) is 6.04. The lowest BCUT2D eigenvalue weighted by Gasteiger charge is -2.30. The van der Waals surface area contributed by atoms with Crippen molar-refractivity contribution in [2.75, 3.05) is 26.2 Å². The average molecular weight is 444 g/mol. The summed E-state index contributed by atoms with van der Waals surface area (Å²) in [7, 11) is 0. The van der Waals surface area contributed by atoms with Gasteiger partial charge in [0.05, 0.1) is 4.88 Å². The minimum atomic E-state index is 0.00802. The monoisotopic (exact) mass is 443 g/mol. The molecule has 1 saturated heterocycles. The first-order chi connectivity index (χ1) is 15.6. The second-order valence-electron chi connectivity index (χ2n) is 8.20. The molecule has 5 rings (SSSR count). The van der Waals surface area contributed by atoms with Gasteiger partial charge in [0.15, 0.2) is 0 Å². The van der Waals surface area contributed by atoms with E-state index in [0.717, 1.165) is 39.1 Å². The predicted octanol–water partition coefficient (Wildman–Crippen LogP) is 5.90. The number of thiophene rings is 1. The van der Waals surface area contributed by atoms with Crippen molar-refractivity contribution < 1.29 is 14.6 Å². The number of phenols is 1. The summed E-state index contributed by atoms with van der Waals surface area (Å²) in [6.45, 7) is 5.92. The highest BCUT2D eigenvalue weighted by Gasteiger charge is 2.22. The van der Waals surface area contributed by atoms with Crippen molar-refractivity contribution in [3.63, 3.8) is 0 Å². The zero-order valence-electron chi connectivity index (χ0n) is 18.0. The molecule has 1 aliphatic rings. The number of carbonyl (C=O) groups excluding carboxylic acids is 1. The molecule has 4 aromatic rings. The molecule has 0 saturated carbocycles. The molecule has 0 unspecified atom stereocenters. The van der Waals surface area contributed by atoms with Crippen LogP contribution in [0.3, 0.4) is 0 Å². The summed E-state index contributed by atoms with van der Waals surface area (Å²) in [5.74, 6) is 1.04. The van der Waals surface area contributed by atoms with Gasteiger partial charge in [-0.25, -0.2) is 0 Å². The molecule has 0 atom stereocenters. The number of ether oxygens (including phenoxy) is 1. The highest BCUT2D eigenvalue weighted by atomic mass is 32.1. The van der Waals surface area contributed by atoms with Crippen molar-refractivity contribution in [3.05, 3.63) is 82.7 Å². The second kappa shape index (κ2) is 8.77. The molecule has 1 fully saturated rings. The van der Waals surface area contributed by atoms with E-state index in [-0.39, 0.29) is 11.5 Å². The number of fused-ring (bicyclic) bond motifs is 1. The van der Waals surface area contributed by atoms with Gasteiger partial charge >= 0.3 is 0 Å². The summed E-state index contributed by atoms with van der Waals surface area (Å²) in [4.78, 5) is 16.6. The average Bonchev–Trinajstić information content (AvgIpc) is 3.14. The lowest BCUT2D eigenvalue weighted by Crippen LogP contribution is -2.39. The fourth-order valence-corrected chi connectivity index (χ4v) is 5.31. The maximum absolute atomic E-state index is 13.5. The van der Waals surface area contributed by atoms with Gasteiger partial charge in [0.2, 0.25) is 5.78 Å². The van der Waals surface area contributed by atoms with Crippen LogP contribution in [0.25, 0.3) is 21.2 Å². The van der Waals surface area contributed by atoms with Gasteiger partial charge in [0, 0.05) is 27.8 Å². The summed E-state index contributed by atoms with van der Waals surface area (Å²) in [6.07, 6.45) is 1.28. The lowest BCUT2D eigenvalue weighted by molar-refractivity contribution is 0.104. The molecule has 0 amide bonds. The Kier molecular flexibility index (Phi) is 5.68. The largest absolute Gasteiger partial charge is 0.508 e. The van der Waals surface area contributed by atoms with Crippen LogP contribution >= 0.6 is 11.3 Å². The molecule has 0 radical (unpaired) electrons. The van der Waals surface area contributed by atoms with E-state index in [1.807, 2.05) is 61.5 Å². The third kappa shape index (κ3) is 4.01. The van der Waals surface area contributed by atoms with Crippen LogP contribution in [0.2, 0.25) is 0 Å². The molecule has 2 heterocycles. The Morgan fingerprint density at radius 2 is 1.84 bits per heavy atom. The summed E-state index contributed by atoms with van der Waals surface area (Å²) < 4.78 is 6.81. The van der Waals surface area contributed by atoms with Gasteiger partial charge in [-0.3, -0.25) is 9.69 Å². The van der Waals surface area contributed by atoms with Crippen LogP contribution in [-0.4, -0.2) is 42.0 Å². The van der Waals surface area contributed by atoms with E-state index < -0.39 is 0 Å². The topological polar surface area (TPSA) is 49.8 Å². The van der Waals surface area contributed by atoms with Crippen LogP contribution in [0.15, 0.2) is 66.7 Å². The van der Waals surface area contributed by atoms with Gasteiger partial charge in [0.1, 0.15) is 18.1 Å². The van der Waals surface area contributed by atoms with Crippen molar-refractivity contribution >= 4 is 27.2 Å². The number of aryl methyl sites for hydroxylation is 1. The van der Waals surface area contributed by atoms with Gasteiger partial charge in [-0.15, -0.1) is 11.3 Å². The number of carbonyl (C=O) groups is 1. The number of ketones is 1. The summed E-state index contributed by atoms with van der Waals surface area (Å²) in [5.41, 5.74) is 3.53. The number of aromatic hydroxyl groups is 1. The smallest absolute Gasteiger partial charge is 0.203 e. The Balaban J connectivity index is 1.50. The Labute approximate surface area is 191 Å². The Morgan fingerprint density at radius 3 is 2.56 bits per heavy atom. The van der Waals surface area contributed by atoms with Crippen molar-refractivity contribution in [3.8, 4) is 22.6 Å². The highest BCUT2D eigenvalue weighted by Crippen LogP contribution is 2.41. The molecular formula is C27H25NO3S. The van der Waals surface area contributed by atoms with E-state index in [0.29, 0.717) is 17.0 Å². The fourth-order valence-electron chi connectivity index (χ4n) is 4.10. The number of benzene rings is 3. The number of hydrogen-bond donors (Lipinski definition) is 1. The molecule has 32 heavy (non-hydrogen) atoms. The van der Waals surface area contributed by atoms with Crippen LogP contribution in [0.5, 0.6) is 11.5 Å². The van der Waals surface area contributed by atoms with Gasteiger partial charge in [-0.05, 0) is 67.9 Å². The molecule has 0 spiro atoms. The Morgan fingerprint density at radius 1 is 1.06 bits per heavy atom. The maximum Gasteiger partial charge on any atom is 0.203 e. The van der Waals surface area contributed by atoms with Crippen molar-refractivity contribution in [2.45, 2.75) is 13.3 Å². The zero-order chi connectivity index (χ0) is 22.1. The Hall–Kier alpha value is -3.15. The molecule has 5 heteroatoms. The normalized spacial score (nSPS) is 13.8. The van der Waals surface area contributed by atoms with Crippen LogP contribution < -0.4 is 4.74 Å². The molecule has 3 aromatic carbocycles. The number of nitrogens with zero attached hydrogens (tertiary/aromatic N) is 1. The predicted molar refractivity (Wildman–Crippen MR) is 130 cm³/mol. The molecule has 1 aromatic heterocycles. The van der Waals surface area contributed by atoms with E-state index in [2.05, 4.69) is 4.90 Å². The summed E-state index contributed by atoms with van der Waals surface area (Å²) in [5, 5.41) is 11.0. The molecule has 1 aliphatic heterocycles. The molecule has 0 bridgehead atoms.